The summed E-state index contributed by atoms with van der Waals surface area (Å²) in [4.78, 5) is 12.0. The number of hydrogen-bond donors (Lipinski definition) is 1. The zero-order chi connectivity index (χ0) is 17.4. The molecule has 0 heterocycles. The lowest BCUT2D eigenvalue weighted by Crippen LogP contribution is -2.19. The Labute approximate surface area is 142 Å². The van der Waals surface area contributed by atoms with Gasteiger partial charge in [0.15, 0.2) is 11.5 Å². The normalized spacial score (nSPS) is 10.6. The smallest absolute Gasteiger partial charge is 0.244 e. The third-order valence-corrected chi connectivity index (χ3v) is 3.60. The van der Waals surface area contributed by atoms with Crippen LogP contribution in [0.4, 0.5) is 0 Å². The fraction of sp³-hybridized carbons (Fsp3) is 0.263. The predicted molar refractivity (Wildman–Crippen MR) is 94.8 cm³/mol. The molecule has 5 heteroatoms. The molecule has 24 heavy (non-hydrogen) atoms. The number of nitrogens with one attached hydrogen (secondary N) is 1. The Morgan fingerprint density at radius 2 is 1.71 bits per heavy atom. The SMILES string of the molecule is CCc1ccc(/C=N\NC(=O)Cc2ccc(OC)c(OC)c2)cc1. The number of benzene rings is 2. The number of rotatable bonds is 7. The molecule has 0 aromatic heterocycles. The van der Waals surface area contributed by atoms with Gasteiger partial charge in [-0.15, -0.1) is 0 Å². The van der Waals surface area contributed by atoms with Crippen LogP contribution in [0.25, 0.3) is 0 Å². The van der Waals surface area contributed by atoms with E-state index in [1.807, 2.05) is 30.3 Å². The van der Waals surface area contributed by atoms with E-state index in [1.54, 1.807) is 32.6 Å². The molecule has 0 saturated heterocycles. The summed E-state index contributed by atoms with van der Waals surface area (Å²) in [5.41, 5.74) is 5.57. The molecule has 2 aromatic carbocycles. The Kier molecular flexibility index (Phi) is 6.37. The van der Waals surface area contributed by atoms with Gasteiger partial charge in [-0.2, -0.15) is 5.10 Å². The number of methoxy groups -OCH3 is 2. The molecule has 0 saturated carbocycles. The number of nitrogens with zero attached hydrogens (tertiary/aromatic N) is 1. The summed E-state index contributed by atoms with van der Waals surface area (Å²) in [5, 5.41) is 3.99. The highest BCUT2D eigenvalue weighted by Crippen LogP contribution is 2.27. The van der Waals surface area contributed by atoms with Crippen LogP contribution in [-0.2, 0) is 17.6 Å². The molecule has 0 atom stereocenters. The Morgan fingerprint density at radius 1 is 1.04 bits per heavy atom. The van der Waals surface area contributed by atoms with Gasteiger partial charge in [-0.05, 0) is 35.2 Å². The van der Waals surface area contributed by atoms with Crippen molar-refractivity contribution < 1.29 is 14.3 Å². The minimum atomic E-state index is -0.191. The van der Waals surface area contributed by atoms with Crippen molar-refractivity contribution in [2.45, 2.75) is 19.8 Å². The lowest BCUT2D eigenvalue weighted by atomic mass is 10.1. The lowest BCUT2D eigenvalue weighted by Gasteiger charge is -2.09. The zero-order valence-corrected chi connectivity index (χ0v) is 14.2. The largest absolute Gasteiger partial charge is 0.493 e. The molecule has 0 radical (unpaired) electrons. The Balaban J connectivity index is 1.91. The van der Waals surface area contributed by atoms with E-state index in [2.05, 4.69) is 17.5 Å². The summed E-state index contributed by atoms with van der Waals surface area (Å²) in [5.74, 6) is 1.04. The highest BCUT2D eigenvalue weighted by Gasteiger charge is 2.07. The van der Waals surface area contributed by atoms with Gasteiger partial charge < -0.3 is 9.47 Å². The molecule has 0 fully saturated rings. The van der Waals surface area contributed by atoms with Crippen LogP contribution in [-0.4, -0.2) is 26.3 Å². The van der Waals surface area contributed by atoms with Crippen molar-refractivity contribution in [1.29, 1.82) is 0 Å². The van der Waals surface area contributed by atoms with E-state index in [0.717, 1.165) is 17.5 Å². The summed E-state index contributed by atoms with van der Waals surface area (Å²) in [6.07, 6.45) is 2.85. The van der Waals surface area contributed by atoms with E-state index in [4.69, 9.17) is 9.47 Å². The van der Waals surface area contributed by atoms with Crippen molar-refractivity contribution in [2.75, 3.05) is 14.2 Å². The maximum absolute atomic E-state index is 12.0. The van der Waals surface area contributed by atoms with E-state index in [-0.39, 0.29) is 12.3 Å². The fourth-order valence-corrected chi connectivity index (χ4v) is 2.23. The Morgan fingerprint density at radius 3 is 2.33 bits per heavy atom. The second kappa shape index (κ2) is 8.72. The summed E-state index contributed by atoms with van der Waals surface area (Å²) in [6, 6.07) is 13.4. The molecule has 0 spiro atoms. The molecule has 2 aromatic rings. The van der Waals surface area contributed by atoms with Gasteiger partial charge in [0.2, 0.25) is 5.91 Å². The number of hydrazone groups is 1. The van der Waals surface area contributed by atoms with E-state index in [0.29, 0.717) is 11.5 Å². The van der Waals surface area contributed by atoms with Gasteiger partial charge in [-0.3, -0.25) is 4.79 Å². The molecule has 0 bridgehead atoms. The van der Waals surface area contributed by atoms with Crippen molar-refractivity contribution in [3.05, 3.63) is 59.2 Å². The number of amides is 1. The van der Waals surface area contributed by atoms with E-state index in [1.165, 1.54) is 5.56 Å². The van der Waals surface area contributed by atoms with Gasteiger partial charge in [0, 0.05) is 0 Å². The maximum Gasteiger partial charge on any atom is 0.244 e. The van der Waals surface area contributed by atoms with Crippen LogP contribution in [0.15, 0.2) is 47.6 Å². The number of aryl methyl sites for hydroxylation is 1. The van der Waals surface area contributed by atoms with Crippen molar-refractivity contribution in [3.8, 4) is 11.5 Å². The molecule has 0 aliphatic rings. The molecule has 1 N–H and O–H groups in total. The van der Waals surface area contributed by atoms with Crippen molar-refractivity contribution >= 4 is 12.1 Å². The molecule has 126 valence electrons. The quantitative estimate of drug-likeness (QED) is 0.628. The Bertz CT molecular complexity index is 709. The molecular weight excluding hydrogens is 304 g/mol. The maximum atomic E-state index is 12.0. The monoisotopic (exact) mass is 326 g/mol. The molecule has 0 aliphatic carbocycles. The molecule has 5 nitrogen and oxygen atoms in total. The van der Waals surface area contributed by atoms with E-state index >= 15 is 0 Å². The average molecular weight is 326 g/mol. The van der Waals surface area contributed by atoms with Crippen LogP contribution in [0.3, 0.4) is 0 Å². The third kappa shape index (κ3) is 4.84. The number of carbonyl (C=O) groups excluding carboxylic acids is 1. The molecule has 0 aliphatic heterocycles. The average Bonchev–Trinajstić information content (AvgIpc) is 2.62. The standard InChI is InChI=1S/C19H22N2O3/c1-4-14-5-7-15(8-6-14)13-20-21-19(22)12-16-9-10-17(23-2)18(11-16)24-3/h5-11,13H,4,12H2,1-3H3,(H,21,22)/b20-13-. The second-order valence-electron chi connectivity index (χ2n) is 5.25. The van der Waals surface area contributed by atoms with Gasteiger partial charge in [0.25, 0.3) is 0 Å². The van der Waals surface area contributed by atoms with Gasteiger partial charge in [-0.25, -0.2) is 5.43 Å². The lowest BCUT2D eigenvalue weighted by molar-refractivity contribution is -0.120. The number of hydrogen-bond acceptors (Lipinski definition) is 4. The summed E-state index contributed by atoms with van der Waals surface area (Å²) < 4.78 is 10.4. The first kappa shape index (κ1) is 17.5. The highest BCUT2D eigenvalue weighted by molar-refractivity contribution is 5.83. The molecule has 0 unspecified atom stereocenters. The minimum absolute atomic E-state index is 0.191. The fourth-order valence-electron chi connectivity index (χ4n) is 2.23. The first-order chi connectivity index (χ1) is 11.7. The topological polar surface area (TPSA) is 59.9 Å². The third-order valence-electron chi connectivity index (χ3n) is 3.60. The van der Waals surface area contributed by atoms with Crippen LogP contribution in [0.2, 0.25) is 0 Å². The molecule has 2 rings (SSSR count). The Hall–Kier alpha value is -2.82. The summed E-state index contributed by atoms with van der Waals surface area (Å²) in [6.45, 7) is 2.11. The highest BCUT2D eigenvalue weighted by atomic mass is 16.5. The van der Waals surface area contributed by atoms with Crippen LogP contribution in [0.5, 0.6) is 11.5 Å². The van der Waals surface area contributed by atoms with Crippen LogP contribution in [0.1, 0.15) is 23.6 Å². The van der Waals surface area contributed by atoms with Crippen molar-refractivity contribution in [1.82, 2.24) is 5.43 Å². The second-order valence-corrected chi connectivity index (χ2v) is 5.25. The van der Waals surface area contributed by atoms with Gasteiger partial charge in [-0.1, -0.05) is 37.3 Å². The first-order valence-corrected chi connectivity index (χ1v) is 7.78. The number of carbonyl (C=O) groups is 1. The van der Waals surface area contributed by atoms with Crippen molar-refractivity contribution in [2.24, 2.45) is 5.10 Å². The van der Waals surface area contributed by atoms with Crippen LogP contribution < -0.4 is 14.9 Å². The summed E-state index contributed by atoms with van der Waals surface area (Å²) in [7, 11) is 3.14. The molecule has 1 amide bonds. The number of ether oxygens (including phenoxy) is 2. The minimum Gasteiger partial charge on any atom is -0.493 e. The zero-order valence-electron chi connectivity index (χ0n) is 14.2. The first-order valence-electron chi connectivity index (χ1n) is 7.78. The molecular formula is C19H22N2O3. The predicted octanol–water partition coefficient (Wildman–Crippen LogP) is 2.96. The van der Waals surface area contributed by atoms with Crippen LogP contribution >= 0.6 is 0 Å². The van der Waals surface area contributed by atoms with Crippen LogP contribution in [0, 0.1) is 0 Å². The summed E-state index contributed by atoms with van der Waals surface area (Å²) >= 11 is 0. The van der Waals surface area contributed by atoms with E-state index in [9.17, 15) is 4.79 Å². The van der Waals surface area contributed by atoms with Crippen molar-refractivity contribution in [3.63, 3.8) is 0 Å². The van der Waals surface area contributed by atoms with E-state index < -0.39 is 0 Å². The van der Waals surface area contributed by atoms with Gasteiger partial charge in [0.1, 0.15) is 0 Å². The van der Waals surface area contributed by atoms with Gasteiger partial charge >= 0.3 is 0 Å². The van der Waals surface area contributed by atoms with Gasteiger partial charge in [0.05, 0.1) is 26.9 Å².